The van der Waals surface area contributed by atoms with Crippen LogP contribution in [0.15, 0.2) is 40.8 Å². The zero-order valence-corrected chi connectivity index (χ0v) is 20.1. The first-order chi connectivity index (χ1) is 17.1. The number of imide groups is 1. The van der Waals surface area contributed by atoms with E-state index in [9.17, 15) is 24.0 Å². The molecule has 0 spiro atoms. The summed E-state index contributed by atoms with van der Waals surface area (Å²) in [7, 11) is 0. The van der Waals surface area contributed by atoms with Crippen molar-refractivity contribution in [2.75, 3.05) is 16.8 Å². The minimum absolute atomic E-state index is 0.0277. The molecule has 36 heavy (non-hydrogen) atoms. The standard InChI is InChI=1S/C26H23N3O7/c1-5-35-26(34)19-14(4)36-23(20(19)21(27)30)28-22(31)15-9-10-16-17(11-15)25(33)29(24(16)32)18-8-6-7-12(2)13(18)3/h6-11H,5H2,1-4H3,(H2,27,30)(H,28,31). The van der Waals surface area contributed by atoms with E-state index >= 15 is 0 Å². The van der Waals surface area contributed by atoms with Gasteiger partial charge in [-0.1, -0.05) is 12.1 Å². The molecule has 0 atom stereocenters. The number of primary amides is 1. The van der Waals surface area contributed by atoms with Crippen molar-refractivity contribution in [2.24, 2.45) is 5.73 Å². The van der Waals surface area contributed by atoms with E-state index in [4.69, 9.17) is 14.9 Å². The number of esters is 1. The number of fused-ring (bicyclic) bond motifs is 1. The molecule has 1 aliphatic heterocycles. The second-order valence-electron chi connectivity index (χ2n) is 8.20. The first kappa shape index (κ1) is 24.4. The van der Waals surface area contributed by atoms with E-state index in [0.29, 0.717) is 5.69 Å². The number of carbonyl (C=O) groups is 5. The lowest BCUT2D eigenvalue weighted by Crippen LogP contribution is -2.30. The average Bonchev–Trinajstić information content (AvgIpc) is 3.29. The van der Waals surface area contributed by atoms with Crippen LogP contribution in [0.5, 0.6) is 0 Å². The van der Waals surface area contributed by atoms with E-state index in [2.05, 4.69) is 5.32 Å². The maximum absolute atomic E-state index is 13.2. The van der Waals surface area contributed by atoms with Crippen LogP contribution >= 0.6 is 0 Å². The fourth-order valence-corrected chi connectivity index (χ4v) is 4.07. The fraction of sp³-hybridized carbons (Fsp3) is 0.192. The van der Waals surface area contributed by atoms with Gasteiger partial charge >= 0.3 is 5.97 Å². The van der Waals surface area contributed by atoms with Crippen molar-refractivity contribution >= 4 is 41.2 Å². The van der Waals surface area contributed by atoms with Gasteiger partial charge in [0.25, 0.3) is 23.6 Å². The highest BCUT2D eigenvalue weighted by Crippen LogP contribution is 2.33. The maximum atomic E-state index is 13.2. The summed E-state index contributed by atoms with van der Waals surface area (Å²) >= 11 is 0. The number of nitrogens with two attached hydrogens (primary N) is 1. The zero-order chi connectivity index (χ0) is 26.3. The number of hydrogen-bond acceptors (Lipinski definition) is 7. The van der Waals surface area contributed by atoms with Crippen LogP contribution in [0.3, 0.4) is 0 Å². The van der Waals surface area contributed by atoms with Crippen molar-refractivity contribution in [3.8, 4) is 0 Å². The summed E-state index contributed by atoms with van der Waals surface area (Å²) in [5, 5.41) is 2.42. The average molecular weight is 489 g/mol. The summed E-state index contributed by atoms with van der Waals surface area (Å²) in [6.07, 6.45) is 0. The van der Waals surface area contributed by atoms with Gasteiger partial charge < -0.3 is 14.9 Å². The summed E-state index contributed by atoms with van der Waals surface area (Å²) in [6, 6.07) is 9.38. The molecule has 3 N–H and O–H groups in total. The summed E-state index contributed by atoms with van der Waals surface area (Å²) in [5.41, 5.74) is 7.35. The normalized spacial score (nSPS) is 12.5. The second kappa shape index (κ2) is 9.14. The highest BCUT2D eigenvalue weighted by Gasteiger charge is 2.38. The fourth-order valence-electron chi connectivity index (χ4n) is 4.07. The Morgan fingerprint density at radius 3 is 2.36 bits per heavy atom. The van der Waals surface area contributed by atoms with Crippen LogP contribution in [0, 0.1) is 20.8 Å². The Morgan fingerprint density at radius 2 is 1.69 bits per heavy atom. The Morgan fingerprint density at radius 1 is 1.00 bits per heavy atom. The number of furan rings is 1. The third-order valence-corrected chi connectivity index (χ3v) is 6.00. The Labute approximate surface area is 206 Å². The molecule has 0 aliphatic carbocycles. The molecule has 4 rings (SSSR count). The molecule has 2 heterocycles. The number of amides is 4. The van der Waals surface area contributed by atoms with E-state index in [1.54, 1.807) is 19.1 Å². The number of carbonyl (C=O) groups excluding carboxylic acids is 5. The maximum Gasteiger partial charge on any atom is 0.342 e. The van der Waals surface area contributed by atoms with Crippen LogP contribution in [0.25, 0.3) is 0 Å². The molecule has 0 radical (unpaired) electrons. The topological polar surface area (TPSA) is 149 Å². The van der Waals surface area contributed by atoms with Crippen molar-refractivity contribution in [1.82, 2.24) is 0 Å². The molecule has 184 valence electrons. The molecule has 0 saturated carbocycles. The van der Waals surface area contributed by atoms with Crippen molar-refractivity contribution in [3.05, 3.63) is 81.1 Å². The van der Waals surface area contributed by atoms with Gasteiger partial charge in [-0.3, -0.25) is 24.5 Å². The van der Waals surface area contributed by atoms with E-state index in [0.717, 1.165) is 16.0 Å². The third kappa shape index (κ3) is 3.92. The van der Waals surface area contributed by atoms with Crippen LogP contribution in [0.4, 0.5) is 11.6 Å². The van der Waals surface area contributed by atoms with Gasteiger partial charge in [-0.05, 0) is 63.1 Å². The number of nitrogens with zero attached hydrogens (tertiary/aromatic N) is 1. The molecule has 4 amide bonds. The number of hydrogen-bond donors (Lipinski definition) is 2. The molecule has 0 bridgehead atoms. The number of aryl methyl sites for hydroxylation is 2. The Hall–Kier alpha value is -4.73. The lowest BCUT2D eigenvalue weighted by molar-refractivity contribution is 0.0521. The largest absolute Gasteiger partial charge is 0.462 e. The first-order valence-corrected chi connectivity index (χ1v) is 11.1. The zero-order valence-electron chi connectivity index (χ0n) is 20.1. The summed E-state index contributed by atoms with van der Waals surface area (Å²) in [4.78, 5) is 64.6. The van der Waals surface area contributed by atoms with Crippen molar-refractivity contribution < 1.29 is 33.1 Å². The van der Waals surface area contributed by atoms with Crippen LogP contribution < -0.4 is 16.0 Å². The summed E-state index contributed by atoms with van der Waals surface area (Å²) in [6.45, 7) is 6.78. The summed E-state index contributed by atoms with van der Waals surface area (Å²) in [5.74, 6) is -3.90. The van der Waals surface area contributed by atoms with Crippen molar-refractivity contribution in [3.63, 3.8) is 0 Å². The van der Waals surface area contributed by atoms with E-state index in [-0.39, 0.29) is 46.1 Å². The molecule has 10 nitrogen and oxygen atoms in total. The van der Waals surface area contributed by atoms with Crippen molar-refractivity contribution in [2.45, 2.75) is 27.7 Å². The molecule has 0 fully saturated rings. The van der Waals surface area contributed by atoms with Crippen LogP contribution in [-0.4, -0.2) is 36.2 Å². The molecule has 2 aromatic carbocycles. The number of rotatable bonds is 6. The lowest BCUT2D eigenvalue weighted by Gasteiger charge is -2.17. The van der Waals surface area contributed by atoms with Gasteiger partial charge in [0.1, 0.15) is 16.9 Å². The van der Waals surface area contributed by atoms with Gasteiger partial charge in [0.05, 0.1) is 23.4 Å². The molecular weight excluding hydrogens is 466 g/mol. The number of ether oxygens (including phenoxy) is 1. The van der Waals surface area contributed by atoms with Gasteiger partial charge in [-0.15, -0.1) is 0 Å². The summed E-state index contributed by atoms with van der Waals surface area (Å²) < 4.78 is 10.4. The highest BCUT2D eigenvalue weighted by molar-refractivity contribution is 6.35. The molecular formula is C26H23N3O7. The predicted molar refractivity (Wildman–Crippen MR) is 129 cm³/mol. The minimum atomic E-state index is -0.996. The van der Waals surface area contributed by atoms with Gasteiger partial charge in [0.15, 0.2) is 0 Å². The Balaban J connectivity index is 1.67. The van der Waals surface area contributed by atoms with Crippen LogP contribution in [0.2, 0.25) is 0 Å². The van der Waals surface area contributed by atoms with Gasteiger partial charge in [0.2, 0.25) is 5.88 Å². The van der Waals surface area contributed by atoms with Gasteiger partial charge in [-0.25, -0.2) is 9.69 Å². The van der Waals surface area contributed by atoms with Crippen molar-refractivity contribution in [1.29, 1.82) is 0 Å². The van der Waals surface area contributed by atoms with Gasteiger partial charge in [0, 0.05) is 5.56 Å². The Kier molecular flexibility index (Phi) is 6.19. The first-order valence-electron chi connectivity index (χ1n) is 11.1. The molecule has 0 saturated heterocycles. The van der Waals surface area contributed by atoms with E-state index in [1.165, 1.54) is 25.1 Å². The third-order valence-electron chi connectivity index (χ3n) is 6.00. The van der Waals surface area contributed by atoms with E-state index in [1.807, 2.05) is 19.9 Å². The molecule has 10 heteroatoms. The monoisotopic (exact) mass is 489 g/mol. The number of benzene rings is 2. The smallest absolute Gasteiger partial charge is 0.342 e. The SMILES string of the molecule is CCOC(=O)c1c(C)oc(NC(=O)c2ccc3c(c2)C(=O)N(c2cccc(C)c2C)C3=O)c1C(N)=O. The van der Waals surface area contributed by atoms with E-state index < -0.39 is 29.6 Å². The molecule has 1 aromatic heterocycles. The number of nitrogens with one attached hydrogen (secondary N) is 1. The van der Waals surface area contributed by atoms with Crippen LogP contribution in [0.1, 0.15) is 75.6 Å². The predicted octanol–water partition coefficient (Wildman–Crippen LogP) is 3.53. The quantitative estimate of drug-likeness (QED) is 0.397. The lowest BCUT2D eigenvalue weighted by atomic mass is 10.1. The van der Waals surface area contributed by atoms with Crippen LogP contribution in [-0.2, 0) is 4.74 Å². The Bertz CT molecular complexity index is 1470. The molecule has 1 aliphatic rings. The molecule has 0 unspecified atom stereocenters. The highest BCUT2D eigenvalue weighted by atomic mass is 16.5. The molecule has 3 aromatic rings. The van der Waals surface area contributed by atoms with Gasteiger partial charge in [-0.2, -0.15) is 0 Å². The number of anilines is 2. The second-order valence-corrected chi connectivity index (χ2v) is 8.20. The minimum Gasteiger partial charge on any atom is -0.462 e.